The number of fused-ring (bicyclic) bond motifs is 1. The second-order valence-electron chi connectivity index (χ2n) is 4.63. The third-order valence-corrected chi connectivity index (χ3v) is 6.19. The first-order chi connectivity index (χ1) is 7.30. The molecular weight excluding hydrogens is 251 g/mol. The Bertz CT molecular complexity index is 400. The van der Waals surface area contributed by atoms with Crippen molar-refractivity contribution >= 4 is 19.2 Å². The molecule has 1 aliphatic carbocycles. The third-order valence-electron chi connectivity index (χ3n) is 3.65. The van der Waals surface area contributed by atoms with Gasteiger partial charge in [-0.3, -0.25) is 4.57 Å². The maximum absolute atomic E-state index is 12.3. The first-order valence-electron chi connectivity index (χ1n) is 5.10. The highest BCUT2D eigenvalue weighted by Crippen LogP contribution is 2.68. The molecule has 2 rings (SSSR count). The first-order valence-corrected chi connectivity index (χ1v) is 7.02. The van der Waals surface area contributed by atoms with Crippen LogP contribution in [0.3, 0.4) is 0 Å². The predicted octanol–water partition coefficient (Wildman–Crippen LogP) is 3.26. The highest BCUT2D eigenvalue weighted by molar-refractivity contribution is 7.58. The molecule has 4 nitrogen and oxygen atoms in total. The zero-order valence-corrected chi connectivity index (χ0v) is 11.5. The van der Waals surface area contributed by atoms with Crippen LogP contribution in [0.4, 0.5) is 0 Å². The van der Waals surface area contributed by atoms with Crippen LogP contribution in [0.25, 0.3) is 0 Å². The summed E-state index contributed by atoms with van der Waals surface area (Å²) in [5.41, 5.74) is -0.507. The number of ether oxygens (including phenoxy) is 1. The molecule has 2 atom stereocenters. The van der Waals surface area contributed by atoms with E-state index in [1.165, 1.54) is 14.2 Å². The van der Waals surface area contributed by atoms with E-state index in [-0.39, 0.29) is 11.2 Å². The summed E-state index contributed by atoms with van der Waals surface area (Å²) >= 11 is 6.17. The van der Waals surface area contributed by atoms with E-state index in [1.807, 2.05) is 13.8 Å². The average Bonchev–Trinajstić information content (AvgIpc) is 2.78. The van der Waals surface area contributed by atoms with Crippen molar-refractivity contribution in [3.63, 3.8) is 0 Å². The smallest absolute Gasteiger partial charge is 0.358 e. The van der Waals surface area contributed by atoms with E-state index < -0.39 is 7.60 Å². The van der Waals surface area contributed by atoms with Gasteiger partial charge in [-0.1, -0.05) is 11.6 Å². The summed E-state index contributed by atoms with van der Waals surface area (Å²) in [6.07, 6.45) is 1.07. The summed E-state index contributed by atoms with van der Waals surface area (Å²) in [5.74, 6) is 0. The van der Waals surface area contributed by atoms with E-state index in [0.29, 0.717) is 23.2 Å². The predicted molar refractivity (Wildman–Crippen MR) is 61.6 cm³/mol. The number of epoxide rings is 1. The minimum Gasteiger partial charge on any atom is -0.362 e. The average molecular weight is 267 g/mol. The zero-order chi connectivity index (χ0) is 12.2. The van der Waals surface area contributed by atoms with E-state index in [0.717, 1.165) is 0 Å². The van der Waals surface area contributed by atoms with Gasteiger partial charge < -0.3 is 13.8 Å². The molecule has 0 bridgehead atoms. The highest BCUT2D eigenvalue weighted by Gasteiger charge is 2.67. The lowest BCUT2D eigenvalue weighted by Crippen LogP contribution is -2.25. The van der Waals surface area contributed by atoms with Gasteiger partial charge in [-0.25, -0.2) is 0 Å². The van der Waals surface area contributed by atoms with Gasteiger partial charge in [0, 0.05) is 32.1 Å². The van der Waals surface area contributed by atoms with Gasteiger partial charge >= 0.3 is 7.60 Å². The van der Waals surface area contributed by atoms with Gasteiger partial charge in [0.1, 0.15) is 5.60 Å². The normalized spacial score (nSPS) is 38.6. The molecule has 92 valence electrons. The molecule has 0 aromatic rings. The Morgan fingerprint density at radius 1 is 1.25 bits per heavy atom. The summed E-state index contributed by atoms with van der Waals surface area (Å²) in [6, 6.07) is 0. The summed E-state index contributed by atoms with van der Waals surface area (Å²) in [6.45, 7) is 4.00. The van der Waals surface area contributed by atoms with Crippen molar-refractivity contribution in [2.24, 2.45) is 0 Å². The van der Waals surface area contributed by atoms with Gasteiger partial charge in [0.05, 0.1) is 10.9 Å². The molecule has 0 aromatic carbocycles. The minimum atomic E-state index is -3.23. The molecule has 16 heavy (non-hydrogen) atoms. The Labute approximate surface area is 100 Å². The second-order valence-corrected chi connectivity index (χ2v) is 7.35. The van der Waals surface area contributed by atoms with Crippen molar-refractivity contribution < 1.29 is 18.3 Å². The topological polar surface area (TPSA) is 48.1 Å². The van der Waals surface area contributed by atoms with Crippen molar-refractivity contribution in [1.82, 2.24) is 0 Å². The largest absolute Gasteiger partial charge is 0.362 e. The molecule has 1 fully saturated rings. The number of hydrogen-bond donors (Lipinski definition) is 0. The van der Waals surface area contributed by atoms with Crippen LogP contribution in [0.15, 0.2) is 10.3 Å². The first kappa shape index (κ1) is 12.6. The lowest BCUT2D eigenvalue weighted by Gasteiger charge is -2.26. The van der Waals surface area contributed by atoms with Gasteiger partial charge in [-0.15, -0.1) is 0 Å². The molecule has 0 spiro atoms. The fraction of sp³-hybridized carbons (Fsp3) is 0.800. The van der Waals surface area contributed by atoms with Gasteiger partial charge in [0.2, 0.25) is 0 Å². The molecule has 2 aliphatic rings. The molecule has 0 radical (unpaired) electrons. The maximum atomic E-state index is 12.3. The fourth-order valence-electron chi connectivity index (χ4n) is 2.27. The van der Waals surface area contributed by atoms with Crippen LogP contribution < -0.4 is 0 Å². The van der Waals surface area contributed by atoms with Crippen LogP contribution >= 0.6 is 19.2 Å². The molecule has 1 saturated heterocycles. The van der Waals surface area contributed by atoms with E-state index in [2.05, 4.69) is 0 Å². The Morgan fingerprint density at radius 3 is 2.25 bits per heavy atom. The minimum absolute atomic E-state index is 0.222. The molecule has 0 aromatic heterocycles. The van der Waals surface area contributed by atoms with Crippen molar-refractivity contribution in [3.05, 3.63) is 10.3 Å². The van der Waals surface area contributed by atoms with Gasteiger partial charge in [0.15, 0.2) is 0 Å². The lowest BCUT2D eigenvalue weighted by atomic mass is 9.86. The maximum Gasteiger partial charge on any atom is 0.358 e. The van der Waals surface area contributed by atoms with Crippen LogP contribution in [0.5, 0.6) is 0 Å². The molecule has 2 unspecified atom stereocenters. The SMILES string of the molecule is COP(=O)(OC)C1=C(Cl)CC2(C)OC2(C)C1. The van der Waals surface area contributed by atoms with Gasteiger partial charge in [0.25, 0.3) is 0 Å². The third kappa shape index (κ3) is 1.59. The number of hydrogen-bond acceptors (Lipinski definition) is 4. The number of halogens is 1. The summed E-state index contributed by atoms with van der Waals surface area (Å²) in [7, 11) is -0.495. The summed E-state index contributed by atoms with van der Waals surface area (Å²) in [5, 5.41) is 1.10. The second kappa shape index (κ2) is 3.56. The molecule has 0 saturated carbocycles. The zero-order valence-electron chi connectivity index (χ0n) is 9.87. The Balaban J connectivity index is 2.36. The van der Waals surface area contributed by atoms with Crippen molar-refractivity contribution in [1.29, 1.82) is 0 Å². The Hall–Kier alpha value is 0.140. The summed E-state index contributed by atoms with van der Waals surface area (Å²) in [4.78, 5) is 0. The molecule has 0 N–H and O–H groups in total. The van der Waals surface area contributed by atoms with Crippen LogP contribution in [0, 0.1) is 0 Å². The van der Waals surface area contributed by atoms with Crippen LogP contribution in [-0.2, 0) is 18.3 Å². The summed E-state index contributed by atoms with van der Waals surface area (Å²) < 4.78 is 27.9. The molecular formula is C10H16ClO4P. The Kier molecular flexibility index (Phi) is 2.81. The monoisotopic (exact) mass is 266 g/mol. The molecule has 6 heteroatoms. The van der Waals surface area contributed by atoms with Gasteiger partial charge in [-0.2, -0.15) is 0 Å². The Morgan fingerprint density at radius 2 is 1.75 bits per heavy atom. The number of rotatable bonds is 3. The van der Waals surface area contributed by atoms with Crippen LogP contribution in [0.2, 0.25) is 0 Å². The van der Waals surface area contributed by atoms with Crippen molar-refractivity contribution in [2.75, 3.05) is 14.2 Å². The lowest BCUT2D eigenvalue weighted by molar-refractivity contribution is 0.271. The van der Waals surface area contributed by atoms with E-state index in [9.17, 15) is 4.57 Å². The standard InChI is InChI=1S/C10H16ClO4P/c1-9-5-7(11)8(6-10(9,2)15-9)16(12,13-3)14-4/h5-6H2,1-4H3. The van der Waals surface area contributed by atoms with Crippen molar-refractivity contribution in [2.45, 2.75) is 37.9 Å². The molecule has 1 heterocycles. The van der Waals surface area contributed by atoms with Crippen molar-refractivity contribution in [3.8, 4) is 0 Å². The van der Waals surface area contributed by atoms with Crippen LogP contribution in [0.1, 0.15) is 26.7 Å². The van der Waals surface area contributed by atoms with Crippen LogP contribution in [-0.4, -0.2) is 25.4 Å². The van der Waals surface area contributed by atoms with E-state index >= 15 is 0 Å². The van der Waals surface area contributed by atoms with E-state index in [1.54, 1.807) is 0 Å². The molecule has 0 amide bonds. The molecule has 1 aliphatic heterocycles. The van der Waals surface area contributed by atoms with E-state index in [4.69, 9.17) is 25.4 Å². The van der Waals surface area contributed by atoms with Gasteiger partial charge in [-0.05, 0) is 13.8 Å². The fourth-order valence-corrected chi connectivity index (χ4v) is 4.37. The highest BCUT2D eigenvalue weighted by atomic mass is 35.5. The quantitative estimate of drug-likeness (QED) is 0.581.